The molecule has 149 heavy (non-hydrogen) atoms. The van der Waals surface area contributed by atoms with E-state index in [-0.39, 0.29) is 80.4 Å². The summed E-state index contributed by atoms with van der Waals surface area (Å²) < 4.78 is 9.27. The zero-order chi connectivity index (χ0) is 106. The van der Waals surface area contributed by atoms with Gasteiger partial charge in [-0.3, -0.25) is 15.0 Å². The van der Waals surface area contributed by atoms with Crippen LogP contribution in [0.4, 0.5) is 0 Å². The number of fused-ring (bicyclic) bond motifs is 9. The van der Waals surface area contributed by atoms with Crippen molar-refractivity contribution in [1.29, 1.82) is 0 Å². The maximum absolute atomic E-state index is 10.6. The Bertz CT molecular complexity index is 7130. The van der Waals surface area contributed by atoms with Crippen molar-refractivity contribution >= 4 is 108 Å². The second kappa shape index (κ2) is 71.3. The fourth-order valence-corrected chi connectivity index (χ4v) is 15.9. The van der Waals surface area contributed by atoms with Gasteiger partial charge in [0.25, 0.3) is 0 Å². The number of aryl methyl sites for hydroxylation is 1. The van der Waals surface area contributed by atoms with Crippen LogP contribution in [0, 0.1) is 18.2 Å². The van der Waals surface area contributed by atoms with Gasteiger partial charge in [-0.25, -0.2) is 15.0 Å². The van der Waals surface area contributed by atoms with E-state index in [1.54, 1.807) is 41.7 Å². The maximum atomic E-state index is 10.6. The minimum Gasteiger partial charge on any atom is -0.507 e. The van der Waals surface area contributed by atoms with Crippen LogP contribution in [0.1, 0.15) is 250 Å². The molecule has 0 aliphatic heterocycles. The van der Waals surface area contributed by atoms with E-state index in [1.165, 1.54) is 77.0 Å². The molecule has 0 aliphatic carbocycles. The predicted molar refractivity (Wildman–Crippen MR) is 639 cm³/mol. The number of hydrogen-bond donors (Lipinski definition) is 3. The third-order valence-corrected chi connectivity index (χ3v) is 21.3. The monoisotopic (exact) mass is 2550 g/mol. The quantitative estimate of drug-likeness (QED) is 0.113. The van der Waals surface area contributed by atoms with Crippen LogP contribution in [-0.2, 0) is 69.7 Å². The summed E-state index contributed by atoms with van der Waals surface area (Å²) in [5, 5.41) is 45.5. The Morgan fingerprint density at radius 3 is 0.893 bits per heavy atom. The molecule has 0 spiro atoms. The molecule has 792 valence electrons. The molecule has 0 radical (unpaired) electrons. The van der Waals surface area contributed by atoms with Gasteiger partial charge < -0.3 is 24.3 Å². The number of phenolic OH excluding ortho intramolecular Hbond substituents is 3. The number of rotatable bonds is 10. The van der Waals surface area contributed by atoms with Crippen LogP contribution in [-0.4, -0.2) is 49.8 Å². The third-order valence-electron chi connectivity index (χ3n) is 20.2. The molecule has 0 amide bonds. The zero-order valence-electron chi connectivity index (χ0n) is 92.6. The van der Waals surface area contributed by atoms with E-state index >= 15 is 0 Å². The Kier molecular flexibility index (Phi) is 61.7. The number of aromatic nitrogens is 7. The SMILES string of the molecule is CCC.CCC.CCC.CCC.CCC.CCC.CCC.CCC.CCC.CCC.CCC.CCC.CCn1c(-c2ccccc2O)nc2c(-c3[c-]c(-c4cc5ccccc5cn4)c4ccccc4c3)cccc21.Oc1ccccc1-c1nc2c(-c3[c-]c(-c4cc5ccccc5cn4)c4ccccc4c3)cccc2o1.Oc1ccccc1-c1nc2c(-c3[c-]c(-c4cc5ccccc5cn4)c4ccccc4c3)cccc2s1.[Pt].[Pt].[Pt]. The molecule has 15 heteroatoms. The molecule has 0 atom stereocenters. The zero-order valence-corrected chi connectivity index (χ0v) is 100. The normalized spacial score (nSPS) is 9.91. The minimum absolute atomic E-state index is 0. The first-order valence-corrected chi connectivity index (χ1v) is 54.0. The van der Waals surface area contributed by atoms with Crippen molar-refractivity contribution in [3.8, 4) is 118 Å². The predicted octanol–water partition coefficient (Wildman–Crippen LogP) is 41.8. The maximum Gasteiger partial charge on any atom is 0.230 e. The molecular weight excluding hydrogens is 2390 g/mol. The molecule has 0 saturated carbocycles. The van der Waals surface area contributed by atoms with Crippen molar-refractivity contribution in [1.82, 2.24) is 34.5 Å². The summed E-state index contributed by atoms with van der Waals surface area (Å²) in [6.45, 7) is 53.8. The molecule has 6 aromatic heterocycles. The Labute approximate surface area is 938 Å². The van der Waals surface area contributed by atoms with Gasteiger partial charge in [-0.15, -0.1) is 64.4 Å². The Morgan fingerprint density at radius 2 is 0.544 bits per heavy atom. The second-order valence-electron chi connectivity index (χ2n) is 35.4. The van der Waals surface area contributed by atoms with Crippen LogP contribution in [0.15, 0.2) is 332 Å². The van der Waals surface area contributed by atoms with Crippen LogP contribution >= 0.6 is 11.3 Å². The number of hydrogen-bond acceptors (Lipinski definition) is 11. The summed E-state index contributed by atoms with van der Waals surface area (Å²) >= 11 is 1.58. The van der Waals surface area contributed by atoms with Gasteiger partial charge in [0.1, 0.15) is 33.7 Å². The van der Waals surface area contributed by atoms with E-state index in [9.17, 15) is 15.3 Å². The van der Waals surface area contributed by atoms with E-state index in [2.05, 4.69) is 378 Å². The Hall–Kier alpha value is -12.4. The summed E-state index contributed by atoms with van der Waals surface area (Å²) in [5.41, 5.74) is 17.5. The van der Waals surface area contributed by atoms with Crippen LogP contribution in [0.2, 0.25) is 0 Å². The van der Waals surface area contributed by atoms with Gasteiger partial charge in [-0.1, -0.05) is 546 Å². The smallest absolute Gasteiger partial charge is 0.230 e. The number of oxazole rings is 1. The van der Waals surface area contributed by atoms with Crippen LogP contribution in [0.5, 0.6) is 17.2 Å². The van der Waals surface area contributed by atoms with E-state index in [4.69, 9.17) is 34.3 Å². The van der Waals surface area contributed by atoms with Crippen molar-refractivity contribution in [2.45, 2.75) is 257 Å². The molecular formula is C134H158N7O4Pt3S-3. The van der Waals surface area contributed by atoms with Crippen molar-refractivity contribution in [2.24, 2.45) is 0 Å². The average molecular weight is 2550 g/mol. The number of imidazole rings is 1. The topological polar surface area (TPSA) is 156 Å². The number of phenols is 3. The largest absolute Gasteiger partial charge is 0.507 e. The van der Waals surface area contributed by atoms with Crippen molar-refractivity contribution in [3.05, 3.63) is 346 Å². The van der Waals surface area contributed by atoms with E-state index < -0.39 is 0 Å². The second-order valence-corrected chi connectivity index (χ2v) is 36.4. The summed E-state index contributed by atoms with van der Waals surface area (Å²) in [6.07, 6.45) is 20.8. The fourth-order valence-electron chi connectivity index (χ4n) is 14.9. The first kappa shape index (κ1) is 129. The molecule has 3 N–H and O–H groups in total. The minimum atomic E-state index is 0. The molecule has 0 bridgehead atoms. The summed E-state index contributed by atoms with van der Waals surface area (Å²) in [5.74, 6) is 1.73. The van der Waals surface area contributed by atoms with Crippen molar-refractivity contribution < 1.29 is 82.9 Å². The number of pyridine rings is 3. The fraction of sp³-hybridized carbons (Fsp3) is 0.284. The molecule has 0 saturated heterocycles. The van der Waals surface area contributed by atoms with E-state index in [0.29, 0.717) is 17.0 Å². The van der Waals surface area contributed by atoms with Gasteiger partial charge in [-0.05, 0) is 93.8 Å². The van der Waals surface area contributed by atoms with Crippen molar-refractivity contribution in [3.63, 3.8) is 0 Å². The van der Waals surface area contributed by atoms with Crippen molar-refractivity contribution in [2.75, 3.05) is 0 Å². The molecule has 0 fully saturated rings. The standard InChI is InChI=1S/C34H24N3O.C32H19N2O2.C32H19N2OS.12C3H8.3Pt/c1-2-37-31-16-9-15-27(33(31)36-34(37)28-14-7-8-17-32(28)38)25-18-23-11-5-6-13-26(23)29(19-25)30-20-22-10-3-4-12-24(22)21-35-30;2*35-29-14-6-5-12-26(29)32-34-31-25(13-7-15-30(31)36-32)23-16-21-9-3-4-11-24(21)27(17-23)28-18-20-8-1-2-10-22(20)19-33-28;12*1-3-2;;;/h3-18,20-21,38H,2H2,1H3;2*1-16,18-19,35H;12*3H2,1-2H3;;;/q3*-1;;;;;;;;;;;;;;;. The molecule has 21 rings (SSSR count). The number of benzene rings is 15. The van der Waals surface area contributed by atoms with Crippen LogP contribution in [0.3, 0.4) is 0 Å². The van der Waals surface area contributed by atoms with Gasteiger partial charge >= 0.3 is 0 Å². The molecule has 11 nitrogen and oxygen atoms in total. The number of nitrogens with zero attached hydrogens (tertiary/aromatic N) is 7. The molecule has 0 aliphatic rings. The number of thiazole rings is 1. The van der Waals surface area contributed by atoms with Gasteiger partial charge in [0.15, 0.2) is 0 Å². The van der Waals surface area contributed by atoms with Crippen LogP contribution in [0.25, 0.3) is 198 Å². The average Bonchev–Trinajstić information content (AvgIpc) is 1.37. The molecule has 6 heterocycles. The molecule has 21 aromatic rings. The Morgan fingerprint density at radius 1 is 0.262 bits per heavy atom. The summed E-state index contributed by atoms with van der Waals surface area (Å²) in [7, 11) is 0. The third kappa shape index (κ3) is 36.5. The number of aromatic hydroxyl groups is 3. The first-order valence-electron chi connectivity index (χ1n) is 53.2. The summed E-state index contributed by atoms with van der Waals surface area (Å²) in [4.78, 5) is 29.2. The van der Waals surface area contributed by atoms with Gasteiger partial charge in [0.05, 0.1) is 38.8 Å². The summed E-state index contributed by atoms with van der Waals surface area (Å²) in [6, 6.07) is 114. The molecule has 0 unspecified atom stereocenters. The first-order chi connectivity index (χ1) is 71.2. The van der Waals surface area contributed by atoms with Crippen LogP contribution < -0.4 is 0 Å². The molecule has 15 aromatic carbocycles. The van der Waals surface area contributed by atoms with E-state index in [1.807, 2.05) is 116 Å². The Balaban J connectivity index is 0.000000396. The van der Waals surface area contributed by atoms with Gasteiger partial charge in [0.2, 0.25) is 5.89 Å². The van der Waals surface area contributed by atoms with Gasteiger partial charge in [0, 0.05) is 110 Å². The number of para-hydroxylation sites is 6. The van der Waals surface area contributed by atoms with Gasteiger partial charge in [-0.2, -0.15) is 0 Å². The van der Waals surface area contributed by atoms with E-state index in [0.717, 1.165) is 187 Å².